The SMILES string of the molecule is O=C(Nc1cccc(Nc2cc(C(F)(F)F)nc3ccccc23)c1)c1c(C(F)(F)F)nn(-c2ccccc2)c1Cl. The molecule has 1 amide bonds. The highest BCUT2D eigenvalue weighted by atomic mass is 35.5. The number of anilines is 3. The topological polar surface area (TPSA) is 71.8 Å². The zero-order valence-electron chi connectivity index (χ0n) is 20.0. The number of carbonyl (C=O) groups is 1. The monoisotopic (exact) mass is 575 g/mol. The van der Waals surface area contributed by atoms with Gasteiger partial charge < -0.3 is 10.6 Å². The third-order valence-corrected chi connectivity index (χ3v) is 6.08. The molecule has 0 fully saturated rings. The van der Waals surface area contributed by atoms with Crippen molar-refractivity contribution >= 4 is 45.5 Å². The van der Waals surface area contributed by atoms with Crippen LogP contribution < -0.4 is 10.6 Å². The molecule has 2 heterocycles. The summed E-state index contributed by atoms with van der Waals surface area (Å²) in [6.45, 7) is 0. The predicted molar refractivity (Wildman–Crippen MR) is 138 cm³/mol. The van der Waals surface area contributed by atoms with Gasteiger partial charge in [0, 0.05) is 16.8 Å². The molecule has 0 atom stereocenters. The molecule has 0 aliphatic carbocycles. The van der Waals surface area contributed by atoms with Crippen LogP contribution in [-0.4, -0.2) is 20.7 Å². The fourth-order valence-electron chi connectivity index (χ4n) is 3.99. The fraction of sp³-hybridized carbons (Fsp3) is 0.0741. The molecule has 0 saturated heterocycles. The van der Waals surface area contributed by atoms with E-state index in [9.17, 15) is 31.1 Å². The van der Waals surface area contributed by atoms with E-state index in [0.29, 0.717) is 5.39 Å². The van der Waals surface area contributed by atoms with Gasteiger partial charge in [-0.2, -0.15) is 31.4 Å². The normalized spacial score (nSPS) is 12.0. The lowest BCUT2D eigenvalue weighted by molar-refractivity contribution is -0.142. The molecule has 0 aliphatic heterocycles. The quantitative estimate of drug-likeness (QED) is 0.208. The molecule has 0 radical (unpaired) electrons. The van der Waals surface area contributed by atoms with Gasteiger partial charge in [-0.25, -0.2) is 9.67 Å². The Kier molecular flexibility index (Phi) is 6.88. The third-order valence-electron chi connectivity index (χ3n) is 5.73. The van der Waals surface area contributed by atoms with Crippen LogP contribution in [0.4, 0.5) is 43.4 Å². The summed E-state index contributed by atoms with van der Waals surface area (Å²) in [6.07, 6.45) is -9.69. The van der Waals surface area contributed by atoms with Gasteiger partial charge in [-0.15, -0.1) is 0 Å². The standard InChI is InChI=1S/C27H16ClF6N5O/c28-24-22(23(27(32,33)34)38-39(24)17-9-2-1-3-10-17)25(40)36-16-8-6-7-15(13-16)35-20-14-21(26(29,30)31)37-19-12-5-4-11-18(19)20/h1-14H,(H,35,37)(H,36,40). The number of para-hydroxylation sites is 2. The minimum absolute atomic E-state index is 0.0565. The second-order valence-corrected chi connectivity index (χ2v) is 8.85. The number of fused-ring (bicyclic) bond motifs is 1. The number of hydrogen-bond acceptors (Lipinski definition) is 4. The Morgan fingerprint density at radius 2 is 1.48 bits per heavy atom. The highest BCUT2D eigenvalue weighted by Gasteiger charge is 2.41. The first-order valence-electron chi connectivity index (χ1n) is 11.5. The van der Waals surface area contributed by atoms with Crippen molar-refractivity contribution < 1.29 is 31.1 Å². The van der Waals surface area contributed by atoms with Crippen LogP contribution in [0.5, 0.6) is 0 Å². The molecule has 5 rings (SSSR count). The van der Waals surface area contributed by atoms with Gasteiger partial charge in [-0.1, -0.05) is 54.1 Å². The van der Waals surface area contributed by atoms with E-state index in [4.69, 9.17) is 11.6 Å². The summed E-state index contributed by atoms with van der Waals surface area (Å²) in [7, 11) is 0. The van der Waals surface area contributed by atoms with Crippen LogP contribution in [0.2, 0.25) is 5.15 Å². The fourth-order valence-corrected chi connectivity index (χ4v) is 4.30. The van der Waals surface area contributed by atoms with E-state index in [2.05, 4.69) is 20.7 Å². The van der Waals surface area contributed by atoms with E-state index in [1.165, 1.54) is 42.5 Å². The van der Waals surface area contributed by atoms with Gasteiger partial charge in [0.15, 0.2) is 5.69 Å². The molecular formula is C27H16ClF6N5O. The zero-order valence-corrected chi connectivity index (χ0v) is 20.7. The minimum Gasteiger partial charge on any atom is -0.355 e. The number of carbonyl (C=O) groups excluding carboxylic acids is 1. The Bertz CT molecular complexity index is 1720. The summed E-state index contributed by atoms with van der Waals surface area (Å²) in [5.41, 5.74) is -2.75. The number of alkyl halides is 6. The Balaban J connectivity index is 1.47. The molecule has 0 unspecified atom stereocenters. The second-order valence-electron chi connectivity index (χ2n) is 8.49. The van der Waals surface area contributed by atoms with Gasteiger partial charge in [0.25, 0.3) is 5.91 Å². The molecular weight excluding hydrogens is 560 g/mol. The molecule has 5 aromatic rings. The van der Waals surface area contributed by atoms with Crippen LogP contribution in [0.15, 0.2) is 84.9 Å². The number of rotatable bonds is 5. The molecule has 204 valence electrons. The van der Waals surface area contributed by atoms with Crippen LogP contribution in [-0.2, 0) is 12.4 Å². The average Bonchev–Trinajstić information content (AvgIpc) is 3.26. The summed E-state index contributed by atoms with van der Waals surface area (Å²) < 4.78 is 82.5. The van der Waals surface area contributed by atoms with Gasteiger partial charge in [0.05, 0.1) is 16.9 Å². The summed E-state index contributed by atoms with van der Waals surface area (Å²) in [5.74, 6) is -1.18. The lowest BCUT2D eigenvalue weighted by atomic mass is 10.1. The number of benzene rings is 3. The smallest absolute Gasteiger partial charge is 0.355 e. The van der Waals surface area contributed by atoms with Gasteiger partial charge in [0.2, 0.25) is 0 Å². The van der Waals surface area contributed by atoms with E-state index in [-0.39, 0.29) is 28.3 Å². The lowest BCUT2D eigenvalue weighted by Crippen LogP contribution is -2.18. The number of pyridine rings is 1. The molecule has 0 spiro atoms. The maximum absolute atomic E-state index is 13.8. The van der Waals surface area contributed by atoms with Crippen molar-refractivity contribution in [3.05, 3.63) is 107 Å². The first-order chi connectivity index (χ1) is 18.9. The maximum Gasteiger partial charge on any atom is 0.436 e. The van der Waals surface area contributed by atoms with Crippen molar-refractivity contribution in [2.45, 2.75) is 12.4 Å². The maximum atomic E-state index is 13.8. The van der Waals surface area contributed by atoms with Crippen molar-refractivity contribution in [3.8, 4) is 5.69 Å². The number of aromatic nitrogens is 3. The van der Waals surface area contributed by atoms with E-state index >= 15 is 0 Å². The molecule has 2 N–H and O–H groups in total. The first kappa shape index (κ1) is 27.0. The molecule has 40 heavy (non-hydrogen) atoms. The van der Waals surface area contributed by atoms with Crippen molar-refractivity contribution in [1.82, 2.24) is 14.8 Å². The number of nitrogens with zero attached hydrogens (tertiary/aromatic N) is 3. The van der Waals surface area contributed by atoms with Gasteiger partial charge in [0.1, 0.15) is 16.4 Å². The number of amides is 1. The second kappa shape index (κ2) is 10.2. The highest BCUT2D eigenvalue weighted by Crippen LogP contribution is 2.37. The van der Waals surface area contributed by atoms with Gasteiger partial charge in [-0.05, 0) is 42.5 Å². The van der Waals surface area contributed by atoms with E-state index in [0.717, 1.165) is 10.7 Å². The van der Waals surface area contributed by atoms with Gasteiger partial charge in [-0.3, -0.25) is 4.79 Å². The molecule has 6 nitrogen and oxygen atoms in total. The van der Waals surface area contributed by atoms with Gasteiger partial charge >= 0.3 is 12.4 Å². The Morgan fingerprint density at radius 3 is 2.17 bits per heavy atom. The third kappa shape index (κ3) is 5.43. The van der Waals surface area contributed by atoms with E-state index in [1.54, 1.807) is 36.4 Å². The van der Waals surface area contributed by atoms with Crippen molar-refractivity contribution in [2.24, 2.45) is 0 Å². The minimum atomic E-state index is -4.99. The lowest BCUT2D eigenvalue weighted by Gasteiger charge is -2.14. The largest absolute Gasteiger partial charge is 0.436 e. The van der Waals surface area contributed by atoms with Crippen molar-refractivity contribution in [2.75, 3.05) is 10.6 Å². The number of nitrogens with one attached hydrogen (secondary N) is 2. The van der Waals surface area contributed by atoms with E-state index in [1.807, 2.05) is 0 Å². The van der Waals surface area contributed by atoms with Crippen LogP contribution >= 0.6 is 11.6 Å². The number of hydrogen-bond donors (Lipinski definition) is 2. The predicted octanol–water partition coefficient (Wildman–Crippen LogP) is 8.11. The highest BCUT2D eigenvalue weighted by molar-refractivity contribution is 6.34. The van der Waals surface area contributed by atoms with E-state index < -0.39 is 40.4 Å². The molecule has 2 aromatic heterocycles. The average molecular weight is 576 g/mol. The Morgan fingerprint density at radius 1 is 0.800 bits per heavy atom. The Labute approximate surface area is 227 Å². The molecule has 0 saturated carbocycles. The summed E-state index contributed by atoms with van der Waals surface area (Å²) >= 11 is 6.21. The Hall–Kier alpha value is -4.58. The van der Waals surface area contributed by atoms with Crippen LogP contribution in [0, 0.1) is 0 Å². The molecule has 13 heteroatoms. The summed E-state index contributed by atoms with van der Waals surface area (Å²) in [4.78, 5) is 16.7. The summed E-state index contributed by atoms with van der Waals surface area (Å²) in [5, 5.41) is 8.63. The first-order valence-corrected chi connectivity index (χ1v) is 11.9. The number of halogens is 7. The van der Waals surface area contributed by atoms with Crippen LogP contribution in [0.25, 0.3) is 16.6 Å². The molecule has 0 bridgehead atoms. The van der Waals surface area contributed by atoms with Crippen LogP contribution in [0.3, 0.4) is 0 Å². The van der Waals surface area contributed by atoms with Crippen molar-refractivity contribution in [1.29, 1.82) is 0 Å². The van der Waals surface area contributed by atoms with Crippen molar-refractivity contribution in [3.63, 3.8) is 0 Å². The molecule has 0 aliphatic rings. The molecule has 3 aromatic carbocycles. The van der Waals surface area contributed by atoms with Crippen LogP contribution in [0.1, 0.15) is 21.7 Å². The zero-order chi connectivity index (χ0) is 28.7. The summed E-state index contributed by atoms with van der Waals surface area (Å²) in [6, 6.07) is 20.5.